The zero-order valence-electron chi connectivity index (χ0n) is 15.9. The van der Waals surface area contributed by atoms with Crippen LogP contribution in [0.4, 0.5) is 0 Å². The molecule has 2 heterocycles. The van der Waals surface area contributed by atoms with Gasteiger partial charge in [0.05, 0.1) is 12.0 Å². The lowest BCUT2D eigenvalue weighted by Crippen LogP contribution is -2.45. The molecule has 0 saturated heterocycles. The number of thiophene rings is 1. The number of hydrogen-bond acceptors (Lipinski definition) is 3. The van der Waals surface area contributed by atoms with Crippen LogP contribution in [-0.4, -0.2) is 23.8 Å². The molecule has 0 unspecified atom stereocenters. The SMILES string of the molecule is Cc1ccc(CNC(=O)[C@@H]2c3ccccc3C(=O)N(C)[C@H]2c2cccs2)cc1. The van der Waals surface area contributed by atoms with Crippen molar-refractivity contribution in [2.24, 2.45) is 0 Å². The molecule has 2 amide bonds. The Labute approximate surface area is 168 Å². The van der Waals surface area contributed by atoms with E-state index in [4.69, 9.17) is 0 Å². The van der Waals surface area contributed by atoms with E-state index in [-0.39, 0.29) is 17.9 Å². The van der Waals surface area contributed by atoms with Gasteiger partial charge >= 0.3 is 0 Å². The molecule has 0 radical (unpaired) electrons. The van der Waals surface area contributed by atoms with Crippen LogP contribution in [0.15, 0.2) is 66.0 Å². The number of hydrogen-bond donors (Lipinski definition) is 1. The fourth-order valence-electron chi connectivity index (χ4n) is 3.78. The molecule has 2 atom stereocenters. The van der Waals surface area contributed by atoms with E-state index >= 15 is 0 Å². The van der Waals surface area contributed by atoms with Crippen LogP contribution in [-0.2, 0) is 11.3 Å². The van der Waals surface area contributed by atoms with E-state index in [1.165, 1.54) is 5.56 Å². The Bertz CT molecular complexity index is 996. The standard InChI is InChI=1S/C23H22N2O2S/c1-15-9-11-16(12-10-15)14-24-22(26)20-17-6-3-4-7-18(17)23(27)25(2)21(20)19-8-5-13-28-19/h3-13,20-21H,14H2,1-2H3,(H,24,26)/t20-,21+/m1/s1. The van der Waals surface area contributed by atoms with Gasteiger partial charge in [-0.3, -0.25) is 9.59 Å². The fourth-order valence-corrected chi connectivity index (χ4v) is 4.68. The van der Waals surface area contributed by atoms with Gasteiger partial charge in [0.25, 0.3) is 5.91 Å². The number of nitrogens with zero attached hydrogens (tertiary/aromatic N) is 1. The van der Waals surface area contributed by atoms with Crippen molar-refractivity contribution in [2.75, 3.05) is 7.05 Å². The Morgan fingerprint density at radius 3 is 2.54 bits per heavy atom. The van der Waals surface area contributed by atoms with E-state index in [0.717, 1.165) is 16.0 Å². The number of nitrogens with one attached hydrogen (secondary N) is 1. The van der Waals surface area contributed by atoms with E-state index < -0.39 is 5.92 Å². The summed E-state index contributed by atoms with van der Waals surface area (Å²) in [5, 5.41) is 5.07. The number of likely N-dealkylation sites (N-methyl/N-ethyl adjacent to an activating group) is 1. The van der Waals surface area contributed by atoms with Crippen LogP contribution in [0.25, 0.3) is 0 Å². The van der Waals surface area contributed by atoms with Gasteiger partial charge in [0.1, 0.15) is 0 Å². The maximum Gasteiger partial charge on any atom is 0.254 e. The second-order valence-corrected chi connectivity index (χ2v) is 8.12. The molecule has 4 rings (SSSR count). The Kier molecular flexibility index (Phi) is 5.01. The topological polar surface area (TPSA) is 49.4 Å². The lowest BCUT2D eigenvalue weighted by Gasteiger charge is -2.39. The smallest absolute Gasteiger partial charge is 0.254 e. The van der Waals surface area contributed by atoms with Gasteiger partial charge < -0.3 is 10.2 Å². The minimum Gasteiger partial charge on any atom is -0.351 e. The second kappa shape index (κ2) is 7.60. The molecule has 1 aliphatic heterocycles. The Balaban J connectivity index is 1.68. The first-order chi connectivity index (χ1) is 13.6. The third kappa shape index (κ3) is 3.34. The first kappa shape index (κ1) is 18.4. The summed E-state index contributed by atoms with van der Waals surface area (Å²) in [5.41, 5.74) is 3.65. The average Bonchev–Trinajstić information content (AvgIpc) is 3.24. The summed E-state index contributed by atoms with van der Waals surface area (Å²) in [4.78, 5) is 28.9. The highest BCUT2D eigenvalue weighted by atomic mass is 32.1. The minimum absolute atomic E-state index is 0.0448. The number of aryl methyl sites for hydroxylation is 1. The third-order valence-electron chi connectivity index (χ3n) is 5.28. The number of rotatable bonds is 4. The fraction of sp³-hybridized carbons (Fsp3) is 0.217. The van der Waals surface area contributed by atoms with E-state index in [1.54, 1.807) is 29.4 Å². The summed E-state index contributed by atoms with van der Waals surface area (Å²) >= 11 is 1.57. The molecule has 5 heteroatoms. The maximum atomic E-state index is 13.3. The van der Waals surface area contributed by atoms with Gasteiger partial charge in [-0.05, 0) is 35.6 Å². The number of carbonyl (C=O) groups excluding carboxylic acids is 2. The molecule has 1 N–H and O–H groups in total. The van der Waals surface area contributed by atoms with Crippen LogP contribution in [0.2, 0.25) is 0 Å². The van der Waals surface area contributed by atoms with Crippen molar-refractivity contribution in [3.8, 4) is 0 Å². The summed E-state index contributed by atoms with van der Waals surface area (Å²) < 4.78 is 0. The summed E-state index contributed by atoms with van der Waals surface area (Å²) in [7, 11) is 1.78. The van der Waals surface area contributed by atoms with Gasteiger partial charge in [0, 0.05) is 24.0 Å². The van der Waals surface area contributed by atoms with Crippen molar-refractivity contribution >= 4 is 23.2 Å². The zero-order valence-corrected chi connectivity index (χ0v) is 16.7. The van der Waals surface area contributed by atoms with E-state index in [0.29, 0.717) is 12.1 Å². The van der Waals surface area contributed by atoms with Crippen molar-refractivity contribution in [3.63, 3.8) is 0 Å². The van der Waals surface area contributed by atoms with E-state index in [9.17, 15) is 9.59 Å². The van der Waals surface area contributed by atoms with Crippen LogP contribution in [0, 0.1) is 6.92 Å². The predicted molar refractivity (Wildman–Crippen MR) is 111 cm³/mol. The number of benzene rings is 2. The van der Waals surface area contributed by atoms with Crippen molar-refractivity contribution in [2.45, 2.75) is 25.4 Å². The molecular formula is C23H22N2O2S. The lowest BCUT2D eigenvalue weighted by atomic mass is 9.81. The first-order valence-corrected chi connectivity index (χ1v) is 10.2. The number of amides is 2. The summed E-state index contributed by atoms with van der Waals surface area (Å²) in [6.45, 7) is 2.51. The molecule has 0 bridgehead atoms. The van der Waals surface area contributed by atoms with E-state index in [2.05, 4.69) is 5.32 Å². The molecule has 0 aliphatic carbocycles. The largest absolute Gasteiger partial charge is 0.351 e. The van der Waals surface area contributed by atoms with Crippen LogP contribution in [0.3, 0.4) is 0 Å². The van der Waals surface area contributed by atoms with Crippen molar-refractivity contribution in [3.05, 3.63) is 93.2 Å². The molecule has 3 aromatic rings. The summed E-state index contributed by atoms with van der Waals surface area (Å²) in [6.07, 6.45) is 0. The quantitative estimate of drug-likeness (QED) is 0.723. The van der Waals surface area contributed by atoms with Gasteiger partial charge in [0.2, 0.25) is 5.91 Å². The molecule has 0 spiro atoms. The van der Waals surface area contributed by atoms with Gasteiger partial charge in [-0.15, -0.1) is 11.3 Å². The van der Waals surface area contributed by atoms with Crippen molar-refractivity contribution in [1.82, 2.24) is 10.2 Å². The minimum atomic E-state index is -0.442. The van der Waals surface area contributed by atoms with Crippen molar-refractivity contribution in [1.29, 1.82) is 0 Å². The zero-order chi connectivity index (χ0) is 19.7. The molecule has 142 valence electrons. The molecule has 1 aromatic heterocycles. The molecule has 0 saturated carbocycles. The normalized spacial score (nSPS) is 18.6. The highest BCUT2D eigenvalue weighted by Gasteiger charge is 2.42. The highest BCUT2D eigenvalue weighted by molar-refractivity contribution is 7.10. The summed E-state index contributed by atoms with van der Waals surface area (Å²) in [5.74, 6) is -0.551. The van der Waals surface area contributed by atoms with Crippen LogP contribution in [0.1, 0.15) is 43.9 Å². The Hall–Kier alpha value is -2.92. The Morgan fingerprint density at radius 1 is 1.07 bits per heavy atom. The molecule has 28 heavy (non-hydrogen) atoms. The molecular weight excluding hydrogens is 368 g/mol. The van der Waals surface area contributed by atoms with Crippen LogP contribution >= 0.6 is 11.3 Å². The molecule has 4 nitrogen and oxygen atoms in total. The predicted octanol–water partition coefficient (Wildman–Crippen LogP) is 4.28. The van der Waals surface area contributed by atoms with Gasteiger partial charge in [0.15, 0.2) is 0 Å². The van der Waals surface area contributed by atoms with Crippen LogP contribution in [0.5, 0.6) is 0 Å². The molecule has 2 aromatic carbocycles. The summed E-state index contributed by atoms with van der Waals surface area (Å²) in [6, 6.07) is 19.2. The van der Waals surface area contributed by atoms with Crippen molar-refractivity contribution < 1.29 is 9.59 Å². The molecule has 0 fully saturated rings. The lowest BCUT2D eigenvalue weighted by molar-refractivity contribution is -0.124. The van der Waals surface area contributed by atoms with E-state index in [1.807, 2.05) is 66.9 Å². The first-order valence-electron chi connectivity index (χ1n) is 9.29. The van der Waals surface area contributed by atoms with Gasteiger partial charge in [-0.2, -0.15) is 0 Å². The monoisotopic (exact) mass is 390 g/mol. The average molecular weight is 391 g/mol. The maximum absolute atomic E-state index is 13.3. The second-order valence-electron chi connectivity index (χ2n) is 7.14. The highest BCUT2D eigenvalue weighted by Crippen LogP contribution is 2.43. The molecule has 1 aliphatic rings. The third-order valence-corrected chi connectivity index (χ3v) is 6.23. The van der Waals surface area contributed by atoms with Gasteiger partial charge in [-0.25, -0.2) is 0 Å². The van der Waals surface area contributed by atoms with Crippen LogP contribution < -0.4 is 5.32 Å². The Morgan fingerprint density at radius 2 is 1.82 bits per heavy atom. The number of fused-ring (bicyclic) bond motifs is 1. The van der Waals surface area contributed by atoms with Gasteiger partial charge in [-0.1, -0.05) is 54.1 Å². The number of carbonyl (C=O) groups is 2.